The van der Waals surface area contributed by atoms with Gasteiger partial charge in [0.15, 0.2) is 6.10 Å². The largest absolute Gasteiger partial charge is 0.483 e. The van der Waals surface area contributed by atoms with E-state index in [2.05, 4.69) is 17.4 Å². The van der Waals surface area contributed by atoms with Crippen molar-refractivity contribution in [1.82, 2.24) is 5.32 Å². The Kier molecular flexibility index (Phi) is 4.01. The summed E-state index contributed by atoms with van der Waals surface area (Å²) in [7, 11) is 0. The molecule has 0 bridgehead atoms. The lowest BCUT2D eigenvalue weighted by molar-refractivity contribution is -0.0432. The Bertz CT molecular complexity index is 762. The molecule has 0 radical (unpaired) electrons. The fourth-order valence-corrected chi connectivity index (χ4v) is 2.95. The fourth-order valence-electron chi connectivity index (χ4n) is 2.95. The van der Waals surface area contributed by atoms with Crippen LogP contribution in [0.2, 0.25) is 0 Å². The summed E-state index contributed by atoms with van der Waals surface area (Å²) in [4.78, 5) is 0. The molecule has 118 valence electrons. The SMILES string of the molecule is c1ccc([C@H](Oc2ccc3occc3c2)[C@@H]2CNCCO2)cc1. The predicted octanol–water partition coefficient (Wildman–Crippen LogP) is 3.54. The van der Waals surface area contributed by atoms with E-state index in [0.717, 1.165) is 35.4 Å². The van der Waals surface area contributed by atoms with Crippen LogP contribution in [0.5, 0.6) is 5.75 Å². The van der Waals surface area contributed by atoms with Crippen LogP contribution in [-0.4, -0.2) is 25.8 Å². The molecule has 1 fully saturated rings. The van der Waals surface area contributed by atoms with Gasteiger partial charge in [-0.1, -0.05) is 30.3 Å². The minimum absolute atomic E-state index is 0.00815. The van der Waals surface area contributed by atoms with Gasteiger partial charge in [-0.3, -0.25) is 0 Å². The highest BCUT2D eigenvalue weighted by molar-refractivity contribution is 5.78. The summed E-state index contributed by atoms with van der Waals surface area (Å²) in [5.41, 5.74) is 1.98. The number of hydrogen-bond donors (Lipinski definition) is 1. The number of ether oxygens (including phenoxy) is 2. The van der Waals surface area contributed by atoms with Crippen LogP contribution in [0.4, 0.5) is 0 Å². The van der Waals surface area contributed by atoms with Gasteiger partial charge < -0.3 is 19.2 Å². The molecule has 2 heterocycles. The van der Waals surface area contributed by atoms with Crippen molar-refractivity contribution in [2.24, 2.45) is 0 Å². The highest BCUT2D eigenvalue weighted by Gasteiger charge is 2.27. The van der Waals surface area contributed by atoms with Crippen molar-refractivity contribution < 1.29 is 13.9 Å². The first-order chi connectivity index (χ1) is 11.4. The summed E-state index contributed by atoms with van der Waals surface area (Å²) in [5.74, 6) is 0.821. The zero-order valence-corrected chi connectivity index (χ0v) is 12.8. The van der Waals surface area contributed by atoms with Gasteiger partial charge in [0.1, 0.15) is 17.4 Å². The van der Waals surface area contributed by atoms with E-state index in [1.54, 1.807) is 6.26 Å². The fraction of sp³-hybridized carbons (Fsp3) is 0.263. The molecule has 1 aromatic heterocycles. The first kappa shape index (κ1) is 14.3. The monoisotopic (exact) mass is 309 g/mol. The Morgan fingerprint density at radius 2 is 2.00 bits per heavy atom. The molecular weight excluding hydrogens is 290 g/mol. The molecule has 0 saturated carbocycles. The zero-order chi connectivity index (χ0) is 15.5. The van der Waals surface area contributed by atoms with Gasteiger partial charge in [0.2, 0.25) is 0 Å². The van der Waals surface area contributed by atoms with Crippen LogP contribution in [0, 0.1) is 0 Å². The molecule has 3 aromatic rings. The van der Waals surface area contributed by atoms with Crippen LogP contribution in [0.3, 0.4) is 0 Å². The summed E-state index contributed by atoms with van der Waals surface area (Å²) >= 11 is 0. The van der Waals surface area contributed by atoms with Gasteiger partial charge in [0, 0.05) is 18.5 Å². The molecule has 4 rings (SSSR count). The lowest BCUT2D eigenvalue weighted by Crippen LogP contribution is -2.43. The Hall–Kier alpha value is -2.30. The maximum atomic E-state index is 6.31. The van der Waals surface area contributed by atoms with E-state index in [-0.39, 0.29) is 12.2 Å². The number of rotatable bonds is 4. The Balaban J connectivity index is 1.63. The van der Waals surface area contributed by atoms with E-state index in [0.29, 0.717) is 6.61 Å². The van der Waals surface area contributed by atoms with Gasteiger partial charge in [0.05, 0.1) is 12.9 Å². The van der Waals surface area contributed by atoms with Crippen molar-refractivity contribution in [1.29, 1.82) is 0 Å². The number of fused-ring (bicyclic) bond motifs is 1. The normalized spacial score (nSPS) is 19.6. The van der Waals surface area contributed by atoms with Crippen LogP contribution < -0.4 is 10.1 Å². The molecule has 0 amide bonds. The molecule has 2 atom stereocenters. The molecule has 4 heteroatoms. The number of nitrogens with one attached hydrogen (secondary N) is 1. The number of hydrogen-bond acceptors (Lipinski definition) is 4. The van der Waals surface area contributed by atoms with Gasteiger partial charge in [-0.2, -0.15) is 0 Å². The third-order valence-corrected chi connectivity index (χ3v) is 4.11. The lowest BCUT2D eigenvalue weighted by atomic mass is 10.0. The van der Waals surface area contributed by atoms with E-state index < -0.39 is 0 Å². The van der Waals surface area contributed by atoms with Crippen molar-refractivity contribution in [3.8, 4) is 5.75 Å². The molecule has 0 unspecified atom stereocenters. The molecular formula is C19H19NO3. The quantitative estimate of drug-likeness (QED) is 0.800. The minimum atomic E-state index is -0.145. The second-order valence-corrected chi connectivity index (χ2v) is 5.68. The Labute approximate surface area is 135 Å². The average molecular weight is 309 g/mol. The molecule has 1 N–H and O–H groups in total. The molecule has 1 saturated heterocycles. The molecule has 4 nitrogen and oxygen atoms in total. The van der Waals surface area contributed by atoms with Crippen molar-refractivity contribution in [2.45, 2.75) is 12.2 Å². The van der Waals surface area contributed by atoms with E-state index in [1.807, 2.05) is 42.5 Å². The van der Waals surface area contributed by atoms with E-state index in [1.165, 1.54) is 0 Å². The predicted molar refractivity (Wildman–Crippen MR) is 88.6 cm³/mol. The Morgan fingerprint density at radius 3 is 2.83 bits per heavy atom. The smallest absolute Gasteiger partial charge is 0.151 e. The summed E-state index contributed by atoms with van der Waals surface area (Å²) in [6, 6.07) is 18.1. The highest BCUT2D eigenvalue weighted by atomic mass is 16.5. The first-order valence-electron chi connectivity index (χ1n) is 7.91. The van der Waals surface area contributed by atoms with Gasteiger partial charge >= 0.3 is 0 Å². The molecule has 1 aliphatic rings. The average Bonchev–Trinajstić information content (AvgIpc) is 3.09. The van der Waals surface area contributed by atoms with E-state index in [4.69, 9.17) is 13.9 Å². The van der Waals surface area contributed by atoms with E-state index in [9.17, 15) is 0 Å². The van der Waals surface area contributed by atoms with Gasteiger partial charge in [-0.15, -0.1) is 0 Å². The van der Waals surface area contributed by atoms with Gasteiger partial charge in [-0.25, -0.2) is 0 Å². The van der Waals surface area contributed by atoms with Crippen molar-refractivity contribution in [2.75, 3.05) is 19.7 Å². The van der Waals surface area contributed by atoms with Crippen molar-refractivity contribution in [3.05, 3.63) is 66.4 Å². The second-order valence-electron chi connectivity index (χ2n) is 5.68. The number of furan rings is 1. The van der Waals surface area contributed by atoms with Crippen LogP contribution in [0.1, 0.15) is 11.7 Å². The maximum absolute atomic E-state index is 6.31. The summed E-state index contributed by atoms with van der Waals surface area (Å²) in [6.07, 6.45) is 1.54. The second kappa shape index (κ2) is 6.44. The van der Waals surface area contributed by atoms with E-state index >= 15 is 0 Å². The van der Waals surface area contributed by atoms with Gasteiger partial charge in [0.25, 0.3) is 0 Å². The third-order valence-electron chi connectivity index (χ3n) is 4.11. The van der Waals surface area contributed by atoms with Crippen LogP contribution >= 0.6 is 0 Å². The van der Waals surface area contributed by atoms with Gasteiger partial charge in [-0.05, 0) is 29.8 Å². The minimum Gasteiger partial charge on any atom is -0.483 e. The lowest BCUT2D eigenvalue weighted by Gasteiger charge is -2.31. The summed E-state index contributed by atoms with van der Waals surface area (Å²) in [5, 5.41) is 4.42. The first-order valence-corrected chi connectivity index (χ1v) is 7.91. The molecule has 0 aliphatic carbocycles. The summed E-state index contributed by atoms with van der Waals surface area (Å²) < 4.78 is 17.6. The molecule has 23 heavy (non-hydrogen) atoms. The van der Waals surface area contributed by atoms with Crippen LogP contribution in [-0.2, 0) is 4.74 Å². The Morgan fingerprint density at radius 1 is 1.09 bits per heavy atom. The zero-order valence-electron chi connectivity index (χ0n) is 12.8. The number of benzene rings is 2. The molecule has 0 spiro atoms. The van der Waals surface area contributed by atoms with Crippen LogP contribution in [0.25, 0.3) is 11.0 Å². The van der Waals surface area contributed by atoms with Crippen molar-refractivity contribution in [3.63, 3.8) is 0 Å². The maximum Gasteiger partial charge on any atom is 0.151 e. The molecule has 2 aromatic carbocycles. The standard InChI is InChI=1S/C19H19NO3/c1-2-4-14(5-3-1)19(18-13-20-9-11-22-18)23-16-6-7-17-15(12-16)8-10-21-17/h1-8,10,12,18-20H,9,11,13H2/t18-,19-/m0/s1. The topological polar surface area (TPSA) is 43.6 Å². The van der Waals surface area contributed by atoms with Crippen molar-refractivity contribution >= 4 is 11.0 Å². The highest BCUT2D eigenvalue weighted by Crippen LogP contribution is 2.29. The van der Waals surface area contributed by atoms with Crippen LogP contribution in [0.15, 0.2) is 65.3 Å². The third kappa shape index (κ3) is 3.09. The molecule has 1 aliphatic heterocycles. The summed E-state index contributed by atoms with van der Waals surface area (Å²) in [6.45, 7) is 2.38. The number of morpholine rings is 1.